The SMILES string of the molecule is Cc1cc(=O)[nH]c2ccc(NC(=O)c3cccc([N+](=O)[O-])c3[N+](=O)[O-])cc12. The van der Waals surface area contributed by atoms with Crippen LogP contribution in [0, 0.1) is 27.2 Å². The minimum absolute atomic E-state index is 0.260. The number of nitro groups is 2. The minimum atomic E-state index is -0.956. The fourth-order valence-corrected chi connectivity index (χ4v) is 2.75. The van der Waals surface area contributed by atoms with Gasteiger partial charge in [-0.3, -0.25) is 29.8 Å². The van der Waals surface area contributed by atoms with E-state index in [0.717, 1.165) is 12.1 Å². The zero-order chi connectivity index (χ0) is 19.7. The maximum Gasteiger partial charge on any atom is 0.358 e. The first-order valence-electron chi connectivity index (χ1n) is 7.65. The van der Waals surface area contributed by atoms with Crippen LogP contribution in [0.4, 0.5) is 17.1 Å². The Labute approximate surface area is 150 Å². The molecule has 0 spiro atoms. The molecule has 1 aromatic heterocycles. The van der Waals surface area contributed by atoms with Crippen molar-refractivity contribution in [3.05, 3.63) is 84.2 Å². The highest BCUT2D eigenvalue weighted by Crippen LogP contribution is 2.31. The van der Waals surface area contributed by atoms with Crippen LogP contribution < -0.4 is 10.9 Å². The van der Waals surface area contributed by atoms with Crippen molar-refractivity contribution in [3.63, 3.8) is 0 Å². The van der Waals surface area contributed by atoms with Gasteiger partial charge in [0, 0.05) is 28.7 Å². The number of amides is 1. The summed E-state index contributed by atoms with van der Waals surface area (Å²) in [5, 5.41) is 25.4. The van der Waals surface area contributed by atoms with Crippen molar-refractivity contribution in [3.8, 4) is 0 Å². The highest BCUT2D eigenvalue weighted by molar-refractivity contribution is 6.08. The van der Waals surface area contributed by atoms with E-state index in [4.69, 9.17) is 0 Å². The molecule has 1 amide bonds. The molecule has 0 saturated heterocycles. The van der Waals surface area contributed by atoms with E-state index in [-0.39, 0.29) is 5.56 Å². The fraction of sp³-hybridized carbons (Fsp3) is 0.0588. The second-order valence-corrected chi connectivity index (χ2v) is 5.72. The van der Waals surface area contributed by atoms with E-state index in [0.29, 0.717) is 22.2 Å². The van der Waals surface area contributed by atoms with E-state index in [1.54, 1.807) is 19.1 Å². The summed E-state index contributed by atoms with van der Waals surface area (Å²) in [6.45, 7) is 1.73. The zero-order valence-corrected chi connectivity index (χ0v) is 13.9. The molecule has 136 valence electrons. The molecule has 0 fully saturated rings. The van der Waals surface area contributed by atoms with Crippen molar-refractivity contribution in [2.75, 3.05) is 5.32 Å². The third-order valence-corrected chi connectivity index (χ3v) is 3.95. The van der Waals surface area contributed by atoms with E-state index >= 15 is 0 Å². The van der Waals surface area contributed by atoms with Crippen molar-refractivity contribution < 1.29 is 14.6 Å². The summed E-state index contributed by atoms with van der Waals surface area (Å²) < 4.78 is 0. The largest absolute Gasteiger partial charge is 0.358 e. The van der Waals surface area contributed by atoms with Gasteiger partial charge in [0.05, 0.1) is 9.85 Å². The van der Waals surface area contributed by atoms with E-state index in [1.165, 1.54) is 18.2 Å². The number of aromatic amines is 1. The summed E-state index contributed by atoms with van der Waals surface area (Å²) in [7, 11) is 0. The van der Waals surface area contributed by atoms with Crippen LogP contribution in [0.2, 0.25) is 0 Å². The monoisotopic (exact) mass is 368 g/mol. The Kier molecular flexibility index (Phi) is 4.38. The molecule has 0 atom stereocenters. The lowest BCUT2D eigenvalue weighted by Crippen LogP contribution is -2.15. The van der Waals surface area contributed by atoms with Crippen molar-refractivity contribution in [2.24, 2.45) is 0 Å². The summed E-state index contributed by atoms with van der Waals surface area (Å²) in [6, 6.07) is 9.41. The zero-order valence-electron chi connectivity index (χ0n) is 13.9. The van der Waals surface area contributed by atoms with E-state index < -0.39 is 32.7 Å². The lowest BCUT2D eigenvalue weighted by atomic mass is 10.1. The highest BCUT2D eigenvalue weighted by Gasteiger charge is 2.31. The topological polar surface area (TPSA) is 148 Å². The Morgan fingerprint density at radius 3 is 2.48 bits per heavy atom. The van der Waals surface area contributed by atoms with Gasteiger partial charge < -0.3 is 10.3 Å². The van der Waals surface area contributed by atoms with Crippen LogP contribution in [0.1, 0.15) is 15.9 Å². The molecule has 1 heterocycles. The molecule has 0 bridgehead atoms. The van der Waals surface area contributed by atoms with Crippen molar-refractivity contribution in [1.29, 1.82) is 0 Å². The van der Waals surface area contributed by atoms with Crippen molar-refractivity contribution >= 4 is 33.9 Å². The summed E-state index contributed by atoms with van der Waals surface area (Å²) in [4.78, 5) is 47.0. The number of nitrogens with zero attached hydrogens (tertiary/aromatic N) is 2. The predicted octanol–water partition coefficient (Wildman–Crippen LogP) is 2.91. The van der Waals surface area contributed by atoms with Gasteiger partial charge in [-0.1, -0.05) is 6.07 Å². The predicted molar refractivity (Wildman–Crippen MR) is 97.0 cm³/mol. The Bertz CT molecular complexity index is 1170. The molecule has 2 N–H and O–H groups in total. The number of anilines is 1. The number of pyridine rings is 1. The second-order valence-electron chi connectivity index (χ2n) is 5.72. The number of aromatic nitrogens is 1. The number of nitrogens with one attached hydrogen (secondary N) is 2. The molecule has 2 aromatic carbocycles. The molecule has 3 rings (SSSR count). The number of carbonyl (C=O) groups is 1. The number of hydrogen-bond acceptors (Lipinski definition) is 6. The first-order valence-corrected chi connectivity index (χ1v) is 7.65. The molecular weight excluding hydrogens is 356 g/mol. The van der Waals surface area contributed by atoms with Crippen LogP contribution in [0.15, 0.2) is 47.3 Å². The van der Waals surface area contributed by atoms with Gasteiger partial charge in [-0.2, -0.15) is 0 Å². The molecule has 0 aliphatic heterocycles. The number of fused-ring (bicyclic) bond motifs is 1. The highest BCUT2D eigenvalue weighted by atomic mass is 16.6. The van der Waals surface area contributed by atoms with Crippen molar-refractivity contribution in [2.45, 2.75) is 6.92 Å². The lowest BCUT2D eigenvalue weighted by Gasteiger charge is -2.08. The first-order chi connectivity index (χ1) is 12.8. The number of benzene rings is 2. The third kappa shape index (κ3) is 3.35. The quantitative estimate of drug-likeness (QED) is 0.534. The molecule has 3 aromatic rings. The Balaban J connectivity index is 2.02. The van der Waals surface area contributed by atoms with Gasteiger partial charge in [-0.25, -0.2) is 0 Å². The Morgan fingerprint density at radius 1 is 1.07 bits per heavy atom. The number of H-pyrrole nitrogens is 1. The number of aryl methyl sites for hydroxylation is 1. The number of para-hydroxylation sites is 1. The average molecular weight is 368 g/mol. The molecule has 0 unspecified atom stereocenters. The summed E-state index contributed by atoms with van der Waals surface area (Å²) in [6.07, 6.45) is 0. The van der Waals surface area contributed by atoms with Crippen LogP contribution in [-0.2, 0) is 0 Å². The normalized spacial score (nSPS) is 10.6. The average Bonchev–Trinajstić information content (AvgIpc) is 2.61. The van der Waals surface area contributed by atoms with Crippen LogP contribution in [0.5, 0.6) is 0 Å². The van der Waals surface area contributed by atoms with Crippen molar-refractivity contribution in [1.82, 2.24) is 4.98 Å². The van der Waals surface area contributed by atoms with Crippen LogP contribution in [0.25, 0.3) is 10.9 Å². The first kappa shape index (κ1) is 17.7. The Morgan fingerprint density at radius 2 is 1.81 bits per heavy atom. The minimum Gasteiger partial charge on any atom is -0.322 e. The van der Waals surface area contributed by atoms with Gasteiger partial charge >= 0.3 is 11.4 Å². The van der Waals surface area contributed by atoms with Gasteiger partial charge in [-0.05, 0) is 36.8 Å². The summed E-state index contributed by atoms with van der Waals surface area (Å²) >= 11 is 0. The maximum absolute atomic E-state index is 12.5. The number of nitro benzene ring substituents is 2. The van der Waals surface area contributed by atoms with E-state index in [9.17, 15) is 29.8 Å². The fourth-order valence-electron chi connectivity index (χ4n) is 2.75. The molecule has 0 aliphatic rings. The number of carbonyl (C=O) groups excluding carboxylic acids is 1. The van der Waals surface area contributed by atoms with Gasteiger partial charge in [0.2, 0.25) is 5.56 Å². The number of hydrogen-bond donors (Lipinski definition) is 2. The van der Waals surface area contributed by atoms with Gasteiger partial charge in [-0.15, -0.1) is 0 Å². The molecule has 10 nitrogen and oxygen atoms in total. The molecule has 10 heteroatoms. The van der Waals surface area contributed by atoms with Crippen LogP contribution in [0.3, 0.4) is 0 Å². The van der Waals surface area contributed by atoms with Crippen LogP contribution >= 0.6 is 0 Å². The third-order valence-electron chi connectivity index (χ3n) is 3.95. The lowest BCUT2D eigenvalue weighted by molar-refractivity contribution is -0.422. The molecule has 0 saturated carbocycles. The second kappa shape index (κ2) is 6.67. The van der Waals surface area contributed by atoms with Gasteiger partial charge in [0.1, 0.15) is 5.56 Å². The number of rotatable bonds is 4. The van der Waals surface area contributed by atoms with Gasteiger partial charge in [0.25, 0.3) is 5.91 Å². The molecule has 27 heavy (non-hydrogen) atoms. The smallest absolute Gasteiger partial charge is 0.322 e. The van der Waals surface area contributed by atoms with E-state index in [2.05, 4.69) is 10.3 Å². The Hall–Kier alpha value is -4.08. The molecule has 0 aliphatic carbocycles. The van der Waals surface area contributed by atoms with Crippen LogP contribution in [-0.4, -0.2) is 20.7 Å². The maximum atomic E-state index is 12.5. The summed E-state index contributed by atoms with van der Waals surface area (Å²) in [5.74, 6) is -0.855. The summed E-state index contributed by atoms with van der Waals surface area (Å²) in [5.41, 5.74) is -0.744. The molecular formula is C17H12N4O6. The van der Waals surface area contributed by atoms with E-state index in [1.807, 2.05) is 0 Å². The molecule has 0 radical (unpaired) electrons. The van der Waals surface area contributed by atoms with Gasteiger partial charge in [0.15, 0.2) is 0 Å². The standard InChI is InChI=1S/C17H12N4O6/c1-9-7-15(22)19-13-6-5-10(8-12(9)13)18-17(23)11-3-2-4-14(20(24)25)16(11)21(26)27/h2-8H,1H3,(H,18,23)(H,19,22).